The van der Waals surface area contributed by atoms with E-state index in [1.807, 2.05) is 0 Å². The summed E-state index contributed by atoms with van der Waals surface area (Å²) in [5.74, 6) is -4.90. The van der Waals surface area contributed by atoms with Gasteiger partial charge in [0.2, 0.25) is 35.4 Å². The molecular formula is C22H39N7O9. The van der Waals surface area contributed by atoms with Gasteiger partial charge >= 0.3 is 0 Å². The van der Waals surface area contributed by atoms with Gasteiger partial charge in [0.05, 0.1) is 25.4 Å². The van der Waals surface area contributed by atoms with Crippen LogP contribution in [0.5, 0.6) is 0 Å². The van der Waals surface area contributed by atoms with E-state index in [-0.39, 0.29) is 31.7 Å². The van der Waals surface area contributed by atoms with Crippen molar-refractivity contribution in [2.45, 2.75) is 75.3 Å². The SMILES string of the molecule is CC(O)[C@@H]1NC(=O)[C@@H](N)CCC(=O)NCCCC[C@@H](C(=O)N(C)[C@@H](CO)C(N)=O)NC(=O)[C@H](CO)NC1=O. The third kappa shape index (κ3) is 9.85. The van der Waals surface area contributed by atoms with Gasteiger partial charge in [0, 0.05) is 20.0 Å². The van der Waals surface area contributed by atoms with Crippen LogP contribution in [0, 0.1) is 0 Å². The first kappa shape index (κ1) is 32.7. The van der Waals surface area contributed by atoms with Crippen molar-refractivity contribution in [3.8, 4) is 0 Å². The zero-order chi connectivity index (χ0) is 29.0. The molecule has 0 bridgehead atoms. The van der Waals surface area contributed by atoms with Crippen LogP contribution in [-0.4, -0.2) is 119 Å². The molecule has 1 aliphatic rings. The van der Waals surface area contributed by atoms with Crippen molar-refractivity contribution >= 4 is 35.4 Å². The normalized spacial score (nSPS) is 26.4. The highest BCUT2D eigenvalue weighted by atomic mass is 16.3. The molecule has 216 valence electrons. The van der Waals surface area contributed by atoms with Crippen LogP contribution in [0.2, 0.25) is 0 Å². The Balaban J connectivity index is 3.22. The number of rotatable bonds is 6. The predicted molar refractivity (Wildman–Crippen MR) is 131 cm³/mol. The van der Waals surface area contributed by atoms with Crippen molar-refractivity contribution in [3.05, 3.63) is 0 Å². The zero-order valence-corrected chi connectivity index (χ0v) is 21.5. The number of aliphatic hydroxyl groups is 3. The van der Waals surface area contributed by atoms with Gasteiger partial charge in [-0.3, -0.25) is 28.8 Å². The Labute approximate surface area is 219 Å². The van der Waals surface area contributed by atoms with E-state index in [4.69, 9.17) is 11.5 Å². The van der Waals surface area contributed by atoms with E-state index in [1.54, 1.807) is 0 Å². The average molecular weight is 546 g/mol. The fourth-order valence-corrected chi connectivity index (χ4v) is 3.66. The lowest BCUT2D eigenvalue weighted by atomic mass is 10.1. The van der Waals surface area contributed by atoms with E-state index >= 15 is 0 Å². The molecule has 0 aromatic heterocycles. The molecule has 1 aliphatic heterocycles. The summed E-state index contributed by atoms with van der Waals surface area (Å²) in [6, 6.07) is -6.88. The van der Waals surface area contributed by atoms with Crippen molar-refractivity contribution in [1.82, 2.24) is 26.2 Å². The fraction of sp³-hybridized carbons (Fsp3) is 0.727. The maximum Gasteiger partial charge on any atom is 0.245 e. The molecule has 38 heavy (non-hydrogen) atoms. The number of nitrogens with two attached hydrogens (primary N) is 2. The zero-order valence-electron chi connectivity index (χ0n) is 21.5. The molecule has 1 fully saturated rings. The number of nitrogens with zero attached hydrogens (tertiary/aromatic N) is 1. The fourth-order valence-electron chi connectivity index (χ4n) is 3.66. The molecule has 1 rings (SSSR count). The first-order valence-corrected chi connectivity index (χ1v) is 12.2. The van der Waals surface area contributed by atoms with Crippen molar-refractivity contribution in [2.75, 3.05) is 26.8 Å². The van der Waals surface area contributed by atoms with Crippen molar-refractivity contribution in [1.29, 1.82) is 0 Å². The van der Waals surface area contributed by atoms with E-state index < -0.39 is 79.1 Å². The van der Waals surface area contributed by atoms with E-state index in [0.29, 0.717) is 12.8 Å². The molecule has 0 saturated carbocycles. The van der Waals surface area contributed by atoms with Crippen LogP contribution in [-0.2, 0) is 28.8 Å². The molecular weight excluding hydrogens is 506 g/mol. The topological polar surface area (TPSA) is 267 Å². The Morgan fingerprint density at radius 2 is 1.68 bits per heavy atom. The highest BCUT2D eigenvalue weighted by Crippen LogP contribution is 2.09. The predicted octanol–water partition coefficient (Wildman–Crippen LogP) is -5.47. The molecule has 11 N–H and O–H groups in total. The largest absolute Gasteiger partial charge is 0.394 e. The Morgan fingerprint density at radius 1 is 1.03 bits per heavy atom. The van der Waals surface area contributed by atoms with Gasteiger partial charge in [-0.2, -0.15) is 0 Å². The van der Waals surface area contributed by atoms with Gasteiger partial charge < -0.3 is 53.0 Å². The molecule has 0 aromatic carbocycles. The molecule has 0 spiro atoms. The number of hydrogen-bond donors (Lipinski definition) is 9. The Morgan fingerprint density at radius 3 is 2.24 bits per heavy atom. The second kappa shape index (κ2) is 15.8. The summed E-state index contributed by atoms with van der Waals surface area (Å²) in [5, 5.41) is 38.7. The van der Waals surface area contributed by atoms with Crippen LogP contribution in [0.4, 0.5) is 0 Å². The van der Waals surface area contributed by atoms with Crippen LogP contribution in [0.25, 0.3) is 0 Å². The van der Waals surface area contributed by atoms with Gasteiger partial charge in [0.1, 0.15) is 24.2 Å². The molecule has 6 amide bonds. The number of aliphatic hydroxyl groups excluding tert-OH is 3. The molecule has 0 aromatic rings. The average Bonchev–Trinajstić information content (AvgIpc) is 2.86. The second-order valence-corrected chi connectivity index (χ2v) is 9.07. The van der Waals surface area contributed by atoms with Gasteiger partial charge in [-0.1, -0.05) is 0 Å². The molecule has 16 nitrogen and oxygen atoms in total. The van der Waals surface area contributed by atoms with Gasteiger partial charge in [-0.25, -0.2) is 0 Å². The maximum absolute atomic E-state index is 13.1. The van der Waals surface area contributed by atoms with E-state index in [2.05, 4.69) is 21.3 Å². The Hall–Kier alpha value is -3.34. The monoisotopic (exact) mass is 545 g/mol. The van der Waals surface area contributed by atoms with Crippen LogP contribution in [0.1, 0.15) is 39.0 Å². The summed E-state index contributed by atoms with van der Waals surface area (Å²) in [6.45, 7) is -0.202. The number of likely N-dealkylation sites (N-methyl/N-ethyl adjacent to an activating group) is 1. The summed E-state index contributed by atoms with van der Waals surface area (Å²) in [4.78, 5) is 75.7. The standard InChI is InChI=1S/C22H39N7O9/c1-11(32)17-21(37)27-14(9-30)20(36)26-13(22(38)29(2)15(10-31)18(24)34)5-3-4-8-25-16(33)7-6-12(23)19(35)28-17/h11-15,17,30-32H,3-10,23H2,1-2H3,(H2,24,34)(H,25,33)(H,26,36)(H,27,37)(H,28,35)/t11?,12-,13-,14-,15-,17-/m0/s1. The van der Waals surface area contributed by atoms with E-state index in [0.717, 1.165) is 4.90 Å². The Bertz CT molecular complexity index is 870. The third-order valence-electron chi connectivity index (χ3n) is 6.07. The summed E-state index contributed by atoms with van der Waals surface area (Å²) in [6.07, 6.45) is -0.767. The van der Waals surface area contributed by atoms with E-state index in [1.165, 1.54) is 14.0 Å². The highest BCUT2D eigenvalue weighted by molar-refractivity contribution is 5.96. The smallest absolute Gasteiger partial charge is 0.245 e. The molecule has 1 unspecified atom stereocenters. The minimum absolute atomic E-state index is 0.0394. The molecule has 6 atom stereocenters. The number of primary amides is 1. The van der Waals surface area contributed by atoms with Crippen LogP contribution >= 0.6 is 0 Å². The summed E-state index contributed by atoms with van der Waals surface area (Å²) >= 11 is 0. The van der Waals surface area contributed by atoms with Crippen LogP contribution < -0.4 is 32.7 Å². The maximum atomic E-state index is 13.1. The lowest BCUT2D eigenvalue weighted by molar-refractivity contribution is -0.143. The lowest BCUT2D eigenvalue weighted by Crippen LogP contribution is -2.61. The molecule has 1 heterocycles. The van der Waals surface area contributed by atoms with Gasteiger partial charge in [0.25, 0.3) is 0 Å². The number of amides is 6. The summed E-state index contributed by atoms with van der Waals surface area (Å²) < 4.78 is 0. The first-order chi connectivity index (χ1) is 17.8. The number of nitrogens with one attached hydrogen (secondary N) is 4. The third-order valence-corrected chi connectivity index (χ3v) is 6.07. The van der Waals surface area contributed by atoms with Gasteiger partial charge in [-0.15, -0.1) is 0 Å². The van der Waals surface area contributed by atoms with Gasteiger partial charge in [-0.05, 0) is 32.6 Å². The van der Waals surface area contributed by atoms with Crippen LogP contribution in [0.15, 0.2) is 0 Å². The van der Waals surface area contributed by atoms with Crippen LogP contribution in [0.3, 0.4) is 0 Å². The minimum Gasteiger partial charge on any atom is -0.394 e. The minimum atomic E-state index is -1.57. The second-order valence-electron chi connectivity index (χ2n) is 9.07. The lowest BCUT2D eigenvalue weighted by Gasteiger charge is -2.30. The molecule has 1 saturated heterocycles. The number of carbonyl (C=O) groups excluding carboxylic acids is 6. The van der Waals surface area contributed by atoms with Crippen molar-refractivity contribution < 1.29 is 44.1 Å². The quantitative estimate of drug-likeness (QED) is 0.153. The molecule has 0 aliphatic carbocycles. The number of hydrogen-bond acceptors (Lipinski definition) is 10. The Kier molecular flexibility index (Phi) is 13.6. The number of carbonyl (C=O) groups is 6. The highest BCUT2D eigenvalue weighted by Gasteiger charge is 2.34. The van der Waals surface area contributed by atoms with E-state index in [9.17, 15) is 44.1 Å². The molecule has 0 radical (unpaired) electrons. The molecule has 16 heteroatoms. The van der Waals surface area contributed by atoms with Gasteiger partial charge in [0.15, 0.2) is 0 Å². The first-order valence-electron chi connectivity index (χ1n) is 12.2. The van der Waals surface area contributed by atoms with Crippen molar-refractivity contribution in [2.24, 2.45) is 11.5 Å². The van der Waals surface area contributed by atoms with Crippen molar-refractivity contribution in [3.63, 3.8) is 0 Å². The summed E-state index contributed by atoms with van der Waals surface area (Å²) in [5.41, 5.74) is 11.0. The summed E-state index contributed by atoms with van der Waals surface area (Å²) in [7, 11) is 1.22.